The number of nitrogens with one attached hydrogen (secondary N) is 1. The lowest BCUT2D eigenvalue weighted by Crippen LogP contribution is -2.24. The Kier molecular flexibility index (Phi) is 5.64. The van der Waals surface area contributed by atoms with Gasteiger partial charge in [-0.15, -0.1) is 0 Å². The first-order chi connectivity index (χ1) is 9.36. The molecule has 0 bridgehead atoms. The number of nitrogens with two attached hydrogens (primary N) is 1. The Morgan fingerprint density at radius 2 is 2.30 bits per heavy atom. The number of anilines is 1. The van der Waals surface area contributed by atoms with Crippen LogP contribution in [-0.4, -0.2) is 29.5 Å². The largest absolute Gasteiger partial charge is 0.375 e. The molecule has 1 aliphatic heterocycles. The number of carbonyl (C=O) groups excluding carboxylic acids is 2. The van der Waals surface area contributed by atoms with Gasteiger partial charge in [-0.05, 0) is 38.3 Å². The second kappa shape index (κ2) is 7.00. The van der Waals surface area contributed by atoms with Crippen molar-refractivity contribution >= 4 is 18.0 Å². The molecule has 1 atom stereocenters. The zero-order valence-corrected chi connectivity index (χ0v) is 12.1. The number of primary amides is 1. The van der Waals surface area contributed by atoms with Crippen molar-refractivity contribution < 1.29 is 14.3 Å². The van der Waals surface area contributed by atoms with E-state index < -0.39 is 5.91 Å². The van der Waals surface area contributed by atoms with Gasteiger partial charge in [-0.2, -0.15) is 0 Å². The van der Waals surface area contributed by atoms with Crippen LogP contribution in [0.5, 0.6) is 0 Å². The molecule has 1 fully saturated rings. The third-order valence-corrected chi connectivity index (χ3v) is 3.45. The number of nitrogens with zero attached hydrogens (tertiary/aromatic N) is 1. The Morgan fingerprint density at radius 1 is 1.60 bits per heavy atom. The maximum absolute atomic E-state index is 10.6. The van der Waals surface area contributed by atoms with Gasteiger partial charge in [0, 0.05) is 18.5 Å². The minimum atomic E-state index is -0.621. The van der Waals surface area contributed by atoms with Gasteiger partial charge in [0.15, 0.2) is 0 Å². The molecule has 2 amide bonds. The second-order valence-corrected chi connectivity index (χ2v) is 5.20. The summed E-state index contributed by atoms with van der Waals surface area (Å²) in [4.78, 5) is 24.3. The standard InChI is InChI=1S/C7H7N3O2.C7H14O/c8-7(12)6-3-5(10-4-11)1-2-9-6;1-6-4-5-8-7(6,2)3/h1-4H,(H2,8,12)(H,9,10,11);6H,4-5H2,1-3H3. The molecule has 0 radical (unpaired) electrons. The summed E-state index contributed by atoms with van der Waals surface area (Å²) >= 11 is 0. The van der Waals surface area contributed by atoms with Crippen LogP contribution in [-0.2, 0) is 9.53 Å². The van der Waals surface area contributed by atoms with Crippen LogP contribution in [0.1, 0.15) is 37.7 Å². The smallest absolute Gasteiger partial charge is 0.267 e. The number of rotatable bonds is 3. The summed E-state index contributed by atoms with van der Waals surface area (Å²) in [5, 5.41) is 2.37. The van der Waals surface area contributed by atoms with Crippen molar-refractivity contribution in [3.05, 3.63) is 24.0 Å². The number of pyridine rings is 1. The molecule has 110 valence electrons. The lowest BCUT2D eigenvalue weighted by Gasteiger charge is -2.21. The predicted molar refractivity (Wildman–Crippen MR) is 76.3 cm³/mol. The molecule has 0 aromatic carbocycles. The SMILES string of the molecule is CC1CCOC1(C)C.NC(=O)c1cc(NC=O)ccn1. The quantitative estimate of drug-likeness (QED) is 0.821. The Labute approximate surface area is 118 Å². The third-order valence-electron chi connectivity index (χ3n) is 3.45. The van der Waals surface area contributed by atoms with Crippen LogP contribution in [0, 0.1) is 5.92 Å². The number of hydrogen-bond acceptors (Lipinski definition) is 4. The monoisotopic (exact) mass is 279 g/mol. The van der Waals surface area contributed by atoms with E-state index in [0.717, 1.165) is 12.5 Å². The van der Waals surface area contributed by atoms with E-state index in [4.69, 9.17) is 10.5 Å². The summed E-state index contributed by atoms with van der Waals surface area (Å²) in [5.41, 5.74) is 5.74. The van der Waals surface area contributed by atoms with Crippen molar-refractivity contribution in [3.8, 4) is 0 Å². The van der Waals surface area contributed by atoms with E-state index >= 15 is 0 Å². The number of ether oxygens (including phenoxy) is 1. The van der Waals surface area contributed by atoms with E-state index in [1.54, 1.807) is 6.07 Å². The fourth-order valence-electron chi connectivity index (χ4n) is 1.71. The zero-order valence-electron chi connectivity index (χ0n) is 12.1. The molecule has 1 aromatic rings. The molecule has 1 unspecified atom stereocenters. The average Bonchev–Trinajstić information content (AvgIpc) is 2.69. The van der Waals surface area contributed by atoms with E-state index in [1.807, 2.05) is 0 Å². The predicted octanol–water partition coefficient (Wildman–Crippen LogP) is 1.57. The fourth-order valence-corrected chi connectivity index (χ4v) is 1.71. The number of amides is 2. The molecular weight excluding hydrogens is 258 g/mol. The topological polar surface area (TPSA) is 94.3 Å². The van der Waals surface area contributed by atoms with Gasteiger partial charge in [-0.3, -0.25) is 14.6 Å². The highest BCUT2D eigenvalue weighted by molar-refractivity contribution is 5.92. The van der Waals surface area contributed by atoms with Gasteiger partial charge in [0.1, 0.15) is 5.69 Å². The summed E-state index contributed by atoms with van der Waals surface area (Å²) in [5.74, 6) is 0.118. The maximum atomic E-state index is 10.6. The molecule has 2 rings (SSSR count). The first-order valence-corrected chi connectivity index (χ1v) is 6.47. The van der Waals surface area contributed by atoms with Gasteiger partial charge in [0.05, 0.1) is 5.60 Å². The van der Waals surface area contributed by atoms with E-state index in [1.165, 1.54) is 18.7 Å². The van der Waals surface area contributed by atoms with Crippen LogP contribution in [0.15, 0.2) is 18.3 Å². The summed E-state index contributed by atoms with van der Waals surface area (Å²) in [6, 6.07) is 2.96. The van der Waals surface area contributed by atoms with Gasteiger partial charge in [0.2, 0.25) is 6.41 Å². The van der Waals surface area contributed by atoms with Gasteiger partial charge >= 0.3 is 0 Å². The molecule has 2 heterocycles. The van der Waals surface area contributed by atoms with Crippen LogP contribution in [0.3, 0.4) is 0 Å². The number of hydrogen-bond donors (Lipinski definition) is 2. The highest BCUT2D eigenvalue weighted by Gasteiger charge is 2.31. The van der Waals surface area contributed by atoms with Crippen molar-refractivity contribution in [2.24, 2.45) is 11.7 Å². The van der Waals surface area contributed by atoms with Crippen molar-refractivity contribution in [1.29, 1.82) is 0 Å². The molecule has 1 aliphatic rings. The summed E-state index contributed by atoms with van der Waals surface area (Å²) in [6.45, 7) is 7.51. The molecule has 6 nitrogen and oxygen atoms in total. The van der Waals surface area contributed by atoms with Gasteiger partial charge < -0.3 is 15.8 Å². The molecule has 20 heavy (non-hydrogen) atoms. The lowest BCUT2D eigenvalue weighted by molar-refractivity contribution is -0.105. The van der Waals surface area contributed by atoms with Gasteiger partial charge in [-0.25, -0.2) is 0 Å². The first kappa shape index (κ1) is 16.1. The van der Waals surface area contributed by atoms with Crippen LogP contribution >= 0.6 is 0 Å². The normalized spacial score (nSPS) is 19.6. The molecule has 1 aromatic heterocycles. The van der Waals surface area contributed by atoms with Crippen LogP contribution in [0.2, 0.25) is 0 Å². The number of carbonyl (C=O) groups is 2. The Hall–Kier alpha value is -1.95. The minimum absolute atomic E-state index is 0.127. The van der Waals surface area contributed by atoms with E-state index in [2.05, 4.69) is 31.1 Å². The maximum Gasteiger partial charge on any atom is 0.267 e. The second-order valence-electron chi connectivity index (χ2n) is 5.20. The lowest BCUT2D eigenvalue weighted by atomic mass is 9.93. The summed E-state index contributed by atoms with van der Waals surface area (Å²) < 4.78 is 5.45. The molecule has 0 aliphatic carbocycles. The highest BCUT2D eigenvalue weighted by atomic mass is 16.5. The highest BCUT2D eigenvalue weighted by Crippen LogP contribution is 2.30. The number of aromatic nitrogens is 1. The van der Waals surface area contributed by atoms with E-state index in [-0.39, 0.29) is 11.3 Å². The van der Waals surface area contributed by atoms with E-state index in [0.29, 0.717) is 12.1 Å². The summed E-state index contributed by atoms with van der Waals surface area (Å²) in [7, 11) is 0. The van der Waals surface area contributed by atoms with Crippen molar-refractivity contribution in [2.75, 3.05) is 11.9 Å². The van der Waals surface area contributed by atoms with Crippen molar-refractivity contribution in [2.45, 2.75) is 32.8 Å². The van der Waals surface area contributed by atoms with Gasteiger partial charge in [0.25, 0.3) is 5.91 Å². The molecule has 0 saturated carbocycles. The van der Waals surface area contributed by atoms with E-state index in [9.17, 15) is 9.59 Å². The van der Waals surface area contributed by atoms with Crippen LogP contribution in [0.4, 0.5) is 5.69 Å². The fraction of sp³-hybridized carbons (Fsp3) is 0.500. The Bertz CT molecular complexity index is 474. The zero-order chi connectivity index (χ0) is 15.2. The van der Waals surface area contributed by atoms with Crippen molar-refractivity contribution in [3.63, 3.8) is 0 Å². The van der Waals surface area contributed by atoms with Crippen LogP contribution < -0.4 is 11.1 Å². The Balaban J connectivity index is 0.000000217. The minimum Gasteiger partial charge on any atom is -0.375 e. The third kappa shape index (κ3) is 4.62. The average molecular weight is 279 g/mol. The molecule has 0 spiro atoms. The molecule has 6 heteroatoms. The van der Waals surface area contributed by atoms with Gasteiger partial charge in [-0.1, -0.05) is 6.92 Å². The molecule has 1 saturated heterocycles. The summed E-state index contributed by atoms with van der Waals surface area (Å²) in [6.07, 6.45) is 3.14. The molecule has 3 N–H and O–H groups in total. The van der Waals surface area contributed by atoms with Crippen LogP contribution in [0.25, 0.3) is 0 Å². The Morgan fingerprint density at radius 3 is 2.70 bits per heavy atom. The molecular formula is C14H21N3O3. The first-order valence-electron chi connectivity index (χ1n) is 6.47. The van der Waals surface area contributed by atoms with Crippen molar-refractivity contribution in [1.82, 2.24) is 4.98 Å².